The maximum atomic E-state index is 4.44. The molecule has 2 aliphatic carbocycles. The van der Waals surface area contributed by atoms with Gasteiger partial charge in [0.15, 0.2) is 0 Å². The molecule has 2 aliphatic rings. The fraction of sp³-hybridized carbons (Fsp3) is 0.231. The molecule has 0 heterocycles. The maximum Gasteiger partial charge on any atom is -0.00137 e. The Bertz CT molecular complexity index is 963. The monoisotopic (exact) mass is 338 g/mol. The second kappa shape index (κ2) is 6.96. The minimum atomic E-state index is 0.940. The Morgan fingerprint density at radius 1 is 1.08 bits per heavy atom. The molecule has 0 nitrogen and oxygen atoms in total. The summed E-state index contributed by atoms with van der Waals surface area (Å²) < 4.78 is 0. The van der Waals surface area contributed by atoms with E-state index in [-0.39, 0.29) is 0 Å². The highest BCUT2D eigenvalue weighted by Crippen LogP contribution is 2.39. The zero-order valence-electron chi connectivity index (χ0n) is 15.8. The minimum Gasteiger partial charge on any atom is -0.0949 e. The first-order chi connectivity index (χ1) is 12.7. The van der Waals surface area contributed by atoms with Crippen molar-refractivity contribution in [1.29, 1.82) is 0 Å². The molecular formula is C26H26. The van der Waals surface area contributed by atoms with Gasteiger partial charge in [-0.1, -0.05) is 79.8 Å². The Morgan fingerprint density at radius 3 is 2.73 bits per heavy atom. The van der Waals surface area contributed by atoms with Crippen LogP contribution in [0.1, 0.15) is 47.6 Å². The van der Waals surface area contributed by atoms with Gasteiger partial charge in [-0.15, -0.1) is 0 Å². The topological polar surface area (TPSA) is 0 Å². The van der Waals surface area contributed by atoms with Gasteiger partial charge in [0.2, 0.25) is 0 Å². The van der Waals surface area contributed by atoms with E-state index in [4.69, 9.17) is 0 Å². The zero-order chi connectivity index (χ0) is 18.1. The lowest BCUT2D eigenvalue weighted by Gasteiger charge is -2.15. The molecule has 0 radical (unpaired) electrons. The van der Waals surface area contributed by atoms with Crippen molar-refractivity contribution in [2.24, 2.45) is 0 Å². The average Bonchev–Trinajstić information content (AvgIpc) is 3.27. The second-order valence-electron chi connectivity index (χ2n) is 7.42. The van der Waals surface area contributed by atoms with E-state index in [1.807, 2.05) is 0 Å². The highest BCUT2D eigenvalue weighted by atomic mass is 14.2. The molecule has 0 bridgehead atoms. The lowest BCUT2D eigenvalue weighted by atomic mass is 9.89. The summed E-state index contributed by atoms with van der Waals surface area (Å²) in [5.74, 6) is 0. The summed E-state index contributed by atoms with van der Waals surface area (Å²) in [5, 5.41) is 0. The number of allylic oxidation sites excluding steroid dienone is 6. The Balaban J connectivity index is 1.55. The third-order valence-corrected chi connectivity index (χ3v) is 5.57. The largest absolute Gasteiger partial charge is 0.0949 e. The van der Waals surface area contributed by atoms with Crippen LogP contribution in [0.2, 0.25) is 0 Å². The number of hydrogen-bond acceptors (Lipinski definition) is 0. The lowest BCUT2D eigenvalue weighted by molar-refractivity contribution is 1.11. The molecule has 0 fully saturated rings. The fourth-order valence-electron chi connectivity index (χ4n) is 4.20. The summed E-state index contributed by atoms with van der Waals surface area (Å²) in [5.41, 5.74) is 12.5. The average molecular weight is 338 g/mol. The van der Waals surface area contributed by atoms with E-state index < -0.39 is 0 Å². The third-order valence-electron chi connectivity index (χ3n) is 5.57. The first kappa shape index (κ1) is 16.8. The molecule has 0 saturated heterocycles. The normalized spacial score (nSPS) is 15.4. The van der Waals surface area contributed by atoms with Gasteiger partial charge in [-0.2, -0.15) is 0 Å². The molecule has 4 rings (SSSR count). The van der Waals surface area contributed by atoms with E-state index in [0.29, 0.717) is 0 Å². The summed E-state index contributed by atoms with van der Waals surface area (Å²) in [4.78, 5) is 0. The predicted molar refractivity (Wildman–Crippen MR) is 113 cm³/mol. The van der Waals surface area contributed by atoms with Crippen LogP contribution in [0.5, 0.6) is 0 Å². The highest BCUT2D eigenvalue weighted by molar-refractivity contribution is 5.75. The molecular weight excluding hydrogens is 312 g/mol. The molecule has 0 heteroatoms. The summed E-state index contributed by atoms with van der Waals surface area (Å²) in [7, 11) is 0. The molecule has 26 heavy (non-hydrogen) atoms. The van der Waals surface area contributed by atoms with Crippen molar-refractivity contribution in [2.45, 2.75) is 39.5 Å². The van der Waals surface area contributed by atoms with Crippen LogP contribution in [-0.4, -0.2) is 0 Å². The molecule has 0 unspecified atom stereocenters. The highest BCUT2D eigenvalue weighted by Gasteiger charge is 2.21. The molecule has 0 aliphatic heterocycles. The van der Waals surface area contributed by atoms with Crippen molar-refractivity contribution in [3.05, 3.63) is 106 Å². The molecule has 0 N–H and O–H groups in total. The summed E-state index contributed by atoms with van der Waals surface area (Å²) in [6, 6.07) is 15.5. The van der Waals surface area contributed by atoms with Crippen molar-refractivity contribution < 1.29 is 0 Å². The molecule has 2 aromatic rings. The van der Waals surface area contributed by atoms with Crippen molar-refractivity contribution in [3.63, 3.8) is 0 Å². The van der Waals surface area contributed by atoms with Crippen LogP contribution in [0.4, 0.5) is 0 Å². The molecule has 130 valence electrons. The smallest absolute Gasteiger partial charge is 0.00137 e. The quantitative estimate of drug-likeness (QED) is 0.559. The lowest BCUT2D eigenvalue weighted by Crippen LogP contribution is -1.97. The van der Waals surface area contributed by atoms with Gasteiger partial charge >= 0.3 is 0 Å². The number of rotatable bonds is 5. The van der Waals surface area contributed by atoms with Gasteiger partial charge in [0.25, 0.3) is 0 Å². The number of hydrogen-bond donors (Lipinski definition) is 0. The van der Waals surface area contributed by atoms with E-state index in [2.05, 4.69) is 81.1 Å². The summed E-state index contributed by atoms with van der Waals surface area (Å²) in [6.45, 7) is 8.83. The fourth-order valence-corrected chi connectivity index (χ4v) is 4.20. The van der Waals surface area contributed by atoms with Gasteiger partial charge in [-0.05, 0) is 77.2 Å². The SMILES string of the molecule is C=C(CC1=CCC=C1C1=Cc2ccccc2C1)c1ccc(C)cc1CC. The van der Waals surface area contributed by atoms with Gasteiger partial charge in [-0.3, -0.25) is 0 Å². The standard InChI is InChI=1S/C26H26/c1-4-20-14-18(2)12-13-25(20)19(3)15-23-10-7-11-26(23)24-16-21-8-5-6-9-22(21)17-24/h5-6,8-14,16H,3-4,7,15,17H2,1-2H3. The molecule has 0 atom stereocenters. The minimum absolute atomic E-state index is 0.940. The molecule has 0 amide bonds. The van der Waals surface area contributed by atoms with Crippen LogP contribution in [0.3, 0.4) is 0 Å². The summed E-state index contributed by atoms with van der Waals surface area (Å²) >= 11 is 0. The van der Waals surface area contributed by atoms with Gasteiger partial charge in [0, 0.05) is 0 Å². The van der Waals surface area contributed by atoms with Crippen LogP contribution in [0, 0.1) is 6.92 Å². The molecule has 2 aromatic carbocycles. The Hall–Kier alpha value is -2.60. The number of fused-ring (bicyclic) bond motifs is 1. The third kappa shape index (κ3) is 3.12. The zero-order valence-corrected chi connectivity index (χ0v) is 15.8. The molecule has 0 spiro atoms. The first-order valence-electron chi connectivity index (χ1n) is 9.62. The van der Waals surface area contributed by atoms with Crippen LogP contribution < -0.4 is 0 Å². The van der Waals surface area contributed by atoms with Gasteiger partial charge in [-0.25, -0.2) is 0 Å². The Morgan fingerprint density at radius 2 is 1.92 bits per heavy atom. The van der Waals surface area contributed by atoms with E-state index in [1.165, 1.54) is 50.1 Å². The van der Waals surface area contributed by atoms with Crippen molar-refractivity contribution in [1.82, 2.24) is 0 Å². The molecule has 0 saturated carbocycles. The van der Waals surface area contributed by atoms with Gasteiger partial charge < -0.3 is 0 Å². The van der Waals surface area contributed by atoms with E-state index in [9.17, 15) is 0 Å². The van der Waals surface area contributed by atoms with E-state index in [1.54, 1.807) is 0 Å². The number of benzene rings is 2. The molecule has 0 aromatic heterocycles. The van der Waals surface area contributed by atoms with E-state index in [0.717, 1.165) is 25.7 Å². The van der Waals surface area contributed by atoms with Crippen LogP contribution in [0.15, 0.2) is 77.9 Å². The Kier molecular flexibility index (Phi) is 4.51. The van der Waals surface area contributed by atoms with Gasteiger partial charge in [0.05, 0.1) is 0 Å². The van der Waals surface area contributed by atoms with Crippen LogP contribution in [-0.2, 0) is 12.8 Å². The van der Waals surface area contributed by atoms with Gasteiger partial charge in [0.1, 0.15) is 0 Å². The summed E-state index contributed by atoms with van der Waals surface area (Å²) in [6.07, 6.45) is 11.2. The van der Waals surface area contributed by atoms with Crippen molar-refractivity contribution in [3.8, 4) is 0 Å². The second-order valence-corrected chi connectivity index (χ2v) is 7.42. The van der Waals surface area contributed by atoms with Crippen LogP contribution >= 0.6 is 0 Å². The van der Waals surface area contributed by atoms with E-state index >= 15 is 0 Å². The predicted octanol–water partition coefficient (Wildman–Crippen LogP) is 6.86. The number of aryl methyl sites for hydroxylation is 2. The first-order valence-corrected chi connectivity index (χ1v) is 9.62. The Labute approximate surface area is 157 Å². The van der Waals surface area contributed by atoms with Crippen molar-refractivity contribution in [2.75, 3.05) is 0 Å². The van der Waals surface area contributed by atoms with Crippen LogP contribution in [0.25, 0.3) is 11.6 Å². The van der Waals surface area contributed by atoms with Crippen molar-refractivity contribution >= 4 is 11.6 Å². The maximum absolute atomic E-state index is 4.44.